The number of amides is 7. The number of ether oxygens (including phenoxy) is 2. The fourth-order valence-corrected chi connectivity index (χ4v) is 10.3. The molecule has 2 unspecified atom stereocenters. The largest absolute Gasteiger partial charge is 0.379 e. The van der Waals surface area contributed by atoms with Gasteiger partial charge in [0.2, 0.25) is 41.4 Å². The zero-order valence-corrected chi connectivity index (χ0v) is 47.5. The normalized spacial score (nSPS) is 14.8. The Morgan fingerprint density at radius 2 is 1.47 bits per heavy atom. The van der Waals surface area contributed by atoms with E-state index < -0.39 is 22.0 Å². The standard InChI is InChI=1S/C58H74N12O10S/c1-37(65-53(76)40-17-19-42(20-18-40)63-34-43-35-64-52-51(66-43)54(77)68-56(59)67-52)14-21-46(71)62-27-31-81-45-32-50(75)69(55(45)78)28-23-47(72)61-26-30-80-57(2,3)24-29-79-58(4,5)33-48(73)60-25-22-49(74)70-36-41-12-7-6-10-38(41)15-16-39-11-8-9-13-44(39)70/h6-13,17-20,35,37,45,63H,14-16,21-34,36H2,1-5H3,(H,60,73)(H,61,72)(H,62,71)(H,65,76)(H3,59,64,67,68,77). The molecule has 0 saturated carbocycles. The number of thioether (sulfide) groups is 1. The van der Waals surface area contributed by atoms with Gasteiger partial charge in [-0.05, 0) is 107 Å². The predicted molar refractivity (Wildman–Crippen MR) is 309 cm³/mol. The first kappa shape index (κ1) is 60.9. The molecule has 3 aromatic carbocycles. The van der Waals surface area contributed by atoms with Crippen molar-refractivity contribution in [3.8, 4) is 0 Å². The van der Waals surface area contributed by atoms with Crippen LogP contribution in [0.25, 0.3) is 11.2 Å². The number of aromatic nitrogens is 4. The van der Waals surface area contributed by atoms with Crippen molar-refractivity contribution in [2.24, 2.45) is 0 Å². The molecule has 432 valence electrons. The fourth-order valence-electron chi connectivity index (χ4n) is 9.31. The van der Waals surface area contributed by atoms with Gasteiger partial charge in [0.1, 0.15) is 0 Å². The zero-order valence-electron chi connectivity index (χ0n) is 46.7. The summed E-state index contributed by atoms with van der Waals surface area (Å²) in [5, 5.41) is 14.0. The van der Waals surface area contributed by atoms with E-state index in [4.69, 9.17) is 15.2 Å². The van der Waals surface area contributed by atoms with Crippen LogP contribution in [0.2, 0.25) is 0 Å². The molecular weight excluding hydrogens is 1060 g/mol. The monoisotopic (exact) mass is 1130 g/mol. The topological polar surface area (TPSA) is 302 Å². The molecule has 81 heavy (non-hydrogen) atoms. The molecule has 23 heteroatoms. The molecule has 1 saturated heterocycles. The number of hydrogen-bond donors (Lipinski definition) is 7. The summed E-state index contributed by atoms with van der Waals surface area (Å²) in [7, 11) is 0. The van der Waals surface area contributed by atoms with E-state index in [1.54, 1.807) is 24.3 Å². The minimum Gasteiger partial charge on any atom is -0.379 e. The SMILES string of the molecule is CC(CCC(=O)NCCSC1CC(=O)N(CCC(=O)NCCOC(C)(C)CCOC(C)(C)CC(=O)NCCC(=O)N2Cc3ccccc3CCc3ccccc32)C1=O)NC(=O)c1ccc(NCc2cnc3nc(N)[nH]c(=O)c3n2)cc1. The molecule has 0 spiro atoms. The fraction of sp³-hybridized carbons (Fsp3) is 0.466. The molecule has 8 N–H and O–H groups in total. The predicted octanol–water partition coefficient (Wildman–Crippen LogP) is 4.50. The number of nitrogen functional groups attached to an aromatic ring is 1. The van der Waals surface area contributed by atoms with Gasteiger partial charge in [-0.2, -0.15) is 4.98 Å². The molecule has 0 aliphatic carbocycles. The molecule has 4 heterocycles. The number of nitrogens with one attached hydrogen (secondary N) is 6. The van der Waals surface area contributed by atoms with Crippen molar-refractivity contribution in [3.05, 3.63) is 117 Å². The van der Waals surface area contributed by atoms with Crippen LogP contribution in [0.1, 0.15) is 112 Å². The minimum absolute atomic E-state index is 0.0126. The first-order valence-electron chi connectivity index (χ1n) is 27.4. The first-order chi connectivity index (χ1) is 38.7. The maximum Gasteiger partial charge on any atom is 0.280 e. The highest BCUT2D eigenvalue weighted by Gasteiger charge is 2.38. The van der Waals surface area contributed by atoms with Crippen LogP contribution >= 0.6 is 11.8 Å². The van der Waals surface area contributed by atoms with Crippen molar-refractivity contribution in [1.29, 1.82) is 0 Å². The zero-order chi connectivity index (χ0) is 58.1. The summed E-state index contributed by atoms with van der Waals surface area (Å²) in [4.78, 5) is 121. The molecule has 0 radical (unpaired) electrons. The summed E-state index contributed by atoms with van der Waals surface area (Å²) < 4.78 is 12.2. The van der Waals surface area contributed by atoms with E-state index in [1.807, 2.05) is 69.9 Å². The number of likely N-dealkylation sites (tertiary alicyclic amines) is 1. The Labute approximate surface area is 475 Å². The number of para-hydroxylation sites is 1. The van der Waals surface area contributed by atoms with E-state index in [2.05, 4.69) is 64.7 Å². The smallest absolute Gasteiger partial charge is 0.280 e. The van der Waals surface area contributed by atoms with Crippen LogP contribution in [0.15, 0.2) is 83.8 Å². The van der Waals surface area contributed by atoms with Crippen molar-refractivity contribution < 1.29 is 43.0 Å². The van der Waals surface area contributed by atoms with Gasteiger partial charge in [0.25, 0.3) is 11.5 Å². The number of imide groups is 1. The van der Waals surface area contributed by atoms with Crippen molar-refractivity contribution in [2.75, 3.05) is 61.1 Å². The summed E-state index contributed by atoms with van der Waals surface area (Å²) in [6, 6.07) is 22.7. The van der Waals surface area contributed by atoms with Crippen LogP contribution < -0.4 is 42.8 Å². The van der Waals surface area contributed by atoms with Gasteiger partial charge in [0.05, 0.1) is 61.1 Å². The molecule has 22 nitrogen and oxygen atoms in total. The van der Waals surface area contributed by atoms with Crippen LogP contribution in [0, 0.1) is 0 Å². The summed E-state index contributed by atoms with van der Waals surface area (Å²) in [6.07, 6.45) is 4.53. The van der Waals surface area contributed by atoms with Gasteiger partial charge < -0.3 is 46.7 Å². The van der Waals surface area contributed by atoms with E-state index in [0.29, 0.717) is 48.7 Å². The second kappa shape index (κ2) is 28.6. The molecule has 2 aliphatic rings. The van der Waals surface area contributed by atoms with Crippen molar-refractivity contribution in [1.82, 2.24) is 46.1 Å². The maximum absolute atomic E-state index is 13.6. The molecule has 5 aromatic rings. The molecule has 2 aliphatic heterocycles. The Hall–Kier alpha value is -7.76. The molecule has 2 atom stereocenters. The van der Waals surface area contributed by atoms with Crippen LogP contribution in [-0.4, -0.2) is 134 Å². The lowest BCUT2D eigenvalue weighted by Crippen LogP contribution is -2.39. The summed E-state index contributed by atoms with van der Waals surface area (Å²) >= 11 is 1.28. The number of fused-ring (bicyclic) bond motifs is 3. The van der Waals surface area contributed by atoms with Gasteiger partial charge in [-0.3, -0.25) is 48.2 Å². The number of carbonyl (C=O) groups is 7. The van der Waals surface area contributed by atoms with Gasteiger partial charge in [0.15, 0.2) is 11.2 Å². The van der Waals surface area contributed by atoms with E-state index in [-0.39, 0.29) is 136 Å². The van der Waals surface area contributed by atoms with Crippen LogP contribution in [0.3, 0.4) is 0 Å². The number of carbonyl (C=O) groups excluding carboxylic acids is 7. The van der Waals surface area contributed by atoms with Gasteiger partial charge in [-0.25, -0.2) is 9.97 Å². The van der Waals surface area contributed by atoms with Crippen LogP contribution in [-0.2, 0) is 64.2 Å². The quantitative estimate of drug-likeness (QED) is 0.0268. The average molecular weight is 1130 g/mol. The summed E-state index contributed by atoms with van der Waals surface area (Å²) in [5.74, 6) is -1.46. The van der Waals surface area contributed by atoms with E-state index in [1.165, 1.54) is 23.5 Å². The molecule has 7 rings (SSSR count). The van der Waals surface area contributed by atoms with Gasteiger partial charge in [-0.15, -0.1) is 11.8 Å². The lowest BCUT2D eigenvalue weighted by molar-refractivity contribution is -0.139. The number of rotatable bonds is 28. The number of hydrogen-bond acceptors (Lipinski definition) is 16. The Bertz CT molecular complexity index is 3120. The maximum atomic E-state index is 13.6. The Morgan fingerprint density at radius 1 is 0.790 bits per heavy atom. The molecule has 2 aromatic heterocycles. The Balaban J connectivity index is 0.697. The van der Waals surface area contributed by atoms with Gasteiger partial charge >= 0.3 is 0 Å². The highest BCUT2D eigenvalue weighted by Crippen LogP contribution is 2.30. The number of H-pyrrole nitrogens is 1. The number of nitrogens with two attached hydrogens (primary N) is 1. The van der Waals surface area contributed by atoms with Gasteiger partial charge in [0, 0.05) is 80.6 Å². The van der Waals surface area contributed by atoms with Crippen molar-refractivity contribution in [2.45, 2.75) is 128 Å². The number of aryl methyl sites for hydroxylation is 2. The summed E-state index contributed by atoms with van der Waals surface area (Å²) in [5.41, 5.74) is 9.98. The molecule has 1 fully saturated rings. The second-order valence-electron chi connectivity index (χ2n) is 21.3. The summed E-state index contributed by atoms with van der Waals surface area (Å²) in [6.45, 7) is 11.3. The second-order valence-corrected chi connectivity index (χ2v) is 22.7. The lowest BCUT2D eigenvalue weighted by Gasteiger charge is -2.30. The van der Waals surface area contributed by atoms with Crippen molar-refractivity contribution in [3.63, 3.8) is 0 Å². The van der Waals surface area contributed by atoms with Crippen LogP contribution in [0.5, 0.6) is 0 Å². The Kier molecular flexibility index (Phi) is 21.5. The third-order valence-electron chi connectivity index (χ3n) is 13.9. The highest BCUT2D eigenvalue weighted by molar-refractivity contribution is 8.00. The third-order valence-corrected chi connectivity index (χ3v) is 15.1. The number of anilines is 3. The van der Waals surface area contributed by atoms with E-state index >= 15 is 0 Å². The molecule has 0 bridgehead atoms. The third kappa shape index (κ3) is 18.4. The van der Waals surface area contributed by atoms with Gasteiger partial charge in [-0.1, -0.05) is 42.5 Å². The van der Waals surface area contributed by atoms with Crippen LogP contribution in [0.4, 0.5) is 17.3 Å². The number of nitrogens with zero attached hydrogens (tertiary/aromatic N) is 5. The number of aromatic amines is 1. The molecule has 7 amide bonds. The minimum atomic E-state index is -0.776. The van der Waals surface area contributed by atoms with Crippen molar-refractivity contribution >= 4 is 81.6 Å². The lowest BCUT2D eigenvalue weighted by atomic mass is 9.95. The molecular formula is C58H74N12O10S. The van der Waals surface area contributed by atoms with E-state index in [0.717, 1.165) is 34.6 Å². The number of benzene rings is 3. The highest BCUT2D eigenvalue weighted by atomic mass is 32.2. The average Bonchev–Trinajstić information content (AvgIpc) is 3.87. The first-order valence-corrected chi connectivity index (χ1v) is 28.4. The van der Waals surface area contributed by atoms with E-state index in [9.17, 15) is 38.4 Å². The Morgan fingerprint density at radius 3 is 2.25 bits per heavy atom.